The summed E-state index contributed by atoms with van der Waals surface area (Å²) in [5.41, 5.74) is 8.39. The Balaban J connectivity index is 1.80. The minimum absolute atomic E-state index is 0.162. The van der Waals surface area contributed by atoms with Crippen LogP contribution in [0, 0.1) is 24.7 Å². The second-order valence-corrected chi connectivity index (χ2v) is 6.91. The maximum atomic E-state index is 12.2. The highest BCUT2D eigenvalue weighted by Gasteiger charge is 2.49. The first-order valence-corrected chi connectivity index (χ1v) is 8.85. The van der Waals surface area contributed by atoms with E-state index in [1.165, 1.54) is 5.56 Å². The molecule has 4 heteroatoms. The molecule has 1 heterocycles. The zero-order valence-electron chi connectivity index (χ0n) is 14.5. The zero-order valence-corrected chi connectivity index (χ0v) is 14.5. The van der Waals surface area contributed by atoms with Crippen molar-refractivity contribution in [1.82, 2.24) is 4.90 Å². The highest BCUT2D eigenvalue weighted by Crippen LogP contribution is 2.41. The monoisotopic (exact) mass is 326 g/mol. The van der Waals surface area contributed by atoms with Gasteiger partial charge in [-0.1, -0.05) is 24.0 Å². The first-order valence-electron chi connectivity index (χ1n) is 8.85. The molecule has 1 saturated carbocycles. The summed E-state index contributed by atoms with van der Waals surface area (Å²) in [6, 6.07) is 8.34. The van der Waals surface area contributed by atoms with E-state index in [9.17, 15) is 4.79 Å². The average Bonchev–Trinajstić information content (AvgIpc) is 2.99. The van der Waals surface area contributed by atoms with Gasteiger partial charge < -0.3 is 15.4 Å². The third-order valence-electron chi connectivity index (χ3n) is 5.26. The molecule has 128 valence electrons. The van der Waals surface area contributed by atoms with Crippen molar-refractivity contribution >= 4 is 6.09 Å². The molecule has 3 atom stereocenters. The maximum absolute atomic E-state index is 12.2. The molecule has 1 aromatic carbocycles. The summed E-state index contributed by atoms with van der Waals surface area (Å²) in [5.74, 6) is 6.85. The number of hydrogen-bond acceptors (Lipinski definition) is 3. The fraction of sp³-hybridized carbons (Fsp3) is 0.550. The molecule has 0 radical (unpaired) electrons. The van der Waals surface area contributed by atoms with Crippen LogP contribution in [0.3, 0.4) is 0 Å². The lowest BCUT2D eigenvalue weighted by Crippen LogP contribution is -2.54. The van der Waals surface area contributed by atoms with Gasteiger partial charge in [0.2, 0.25) is 0 Å². The summed E-state index contributed by atoms with van der Waals surface area (Å²) < 4.78 is 5.20. The molecule has 1 aliphatic carbocycles. The molecule has 1 aromatic rings. The predicted molar refractivity (Wildman–Crippen MR) is 94.4 cm³/mol. The Hall–Kier alpha value is -1.99. The van der Waals surface area contributed by atoms with Gasteiger partial charge in [-0.25, -0.2) is 4.79 Å². The number of benzene rings is 1. The molecule has 4 nitrogen and oxygen atoms in total. The summed E-state index contributed by atoms with van der Waals surface area (Å²) >= 11 is 0. The van der Waals surface area contributed by atoms with Crippen molar-refractivity contribution in [1.29, 1.82) is 0 Å². The van der Waals surface area contributed by atoms with Crippen molar-refractivity contribution < 1.29 is 9.53 Å². The van der Waals surface area contributed by atoms with Crippen LogP contribution >= 0.6 is 0 Å². The third-order valence-corrected chi connectivity index (χ3v) is 5.26. The topological polar surface area (TPSA) is 55.6 Å². The Morgan fingerprint density at radius 2 is 2.29 bits per heavy atom. The second-order valence-electron chi connectivity index (χ2n) is 6.91. The van der Waals surface area contributed by atoms with Crippen LogP contribution in [0.1, 0.15) is 43.7 Å². The molecule has 3 rings (SSSR count). The Morgan fingerprint density at radius 3 is 3.04 bits per heavy atom. The van der Waals surface area contributed by atoms with Crippen molar-refractivity contribution in [3.8, 4) is 11.8 Å². The Bertz CT molecular complexity index is 676. The number of hydrogen-bond donors (Lipinski definition) is 1. The van der Waals surface area contributed by atoms with Crippen LogP contribution in [-0.4, -0.2) is 35.7 Å². The van der Waals surface area contributed by atoms with E-state index >= 15 is 0 Å². The quantitative estimate of drug-likeness (QED) is 0.807. The van der Waals surface area contributed by atoms with Crippen LogP contribution in [0.2, 0.25) is 0 Å². The number of ether oxygens (including phenoxy) is 1. The Kier molecular flexibility index (Phi) is 4.82. The number of nitrogens with zero attached hydrogens (tertiary/aromatic N) is 1. The molecule has 2 N–H and O–H groups in total. The van der Waals surface area contributed by atoms with Gasteiger partial charge in [0.05, 0.1) is 12.1 Å². The third kappa shape index (κ3) is 3.27. The van der Waals surface area contributed by atoms with E-state index in [-0.39, 0.29) is 18.1 Å². The molecular formula is C20H26N2O2. The average molecular weight is 326 g/mol. The van der Waals surface area contributed by atoms with Gasteiger partial charge >= 0.3 is 6.09 Å². The minimum Gasteiger partial charge on any atom is -0.450 e. The van der Waals surface area contributed by atoms with Crippen LogP contribution < -0.4 is 5.73 Å². The summed E-state index contributed by atoms with van der Waals surface area (Å²) in [4.78, 5) is 14.0. The molecular weight excluding hydrogens is 300 g/mol. The first kappa shape index (κ1) is 16.9. The van der Waals surface area contributed by atoms with Gasteiger partial charge in [0, 0.05) is 24.1 Å². The summed E-state index contributed by atoms with van der Waals surface area (Å²) in [7, 11) is 0. The van der Waals surface area contributed by atoms with E-state index in [0.717, 1.165) is 37.8 Å². The molecule has 2 fully saturated rings. The number of fused-ring (bicyclic) bond motifs is 1. The Morgan fingerprint density at radius 1 is 1.46 bits per heavy atom. The lowest BCUT2D eigenvalue weighted by molar-refractivity contribution is 0.0843. The highest BCUT2D eigenvalue weighted by molar-refractivity contribution is 5.68. The molecule has 0 bridgehead atoms. The number of carbonyl (C=O) groups is 1. The number of aryl methyl sites for hydroxylation is 1. The van der Waals surface area contributed by atoms with E-state index < -0.39 is 5.54 Å². The highest BCUT2D eigenvalue weighted by atomic mass is 16.6. The molecule has 1 saturated heterocycles. The normalized spacial score (nSPS) is 28.7. The SMILES string of the molecule is CCOC(=O)N1CCC2C1CCCC2(N)C#Cc1cccc(C)c1. The largest absolute Gasteiger partial charge is 0.450 e. The number of amides is 1. The van der Waals surface area contributed by atoms with E-state index in [2.05, 4.69) is 30.9 Å². The van der Waals surface area contributed by atoms with E-state index in [0.29, 0.717) is 6.61 Å². The number of likely N-dealkylation sites (tertiary alicyclic amines) is 1. The smallest absolute Gasteiger partial charge is 0.410 e. The second kappa shape index (κ2) is 6.86. The van der Waals surface area contributed by atoms with Crippen molar-refractivity contribution in [3.05, 3.63) is 35.4 Å². The van der Waals surface area contributed by atoms with E-state index in [1.54, 1.807) is 0 Å². The van der Waals surface area contributed by atoms with Gasteiger partial charge in [0.15, 0.2) is 0 Å². The van der Waals surface area contributed by atoms with Crippen molar-refractivity contribution in [3.63, 3.8) is 0 Å². The standard InChI is InChI=1S/C20H26N2O2/c1-3-24-19(23)22-13-10-17-18(22)8-5-11-20(17,21)12-9-16-7-4-6-15(2)14-16/h4,6-7,14,17-18H,3,5,8,10-11,13,21H2,1-2H3. The summed E-state index contributed by atoms with van der Waals surface area (Å²) in [6.07, 6.45) is 3.58. The number of carbonyl (C=O) groups excluding carboxylic acids is 1. The lowest BCUT2D eigenvalue weighted by Gasteiger charge is -2.40. The molecule has 2 aliphatic rings. The predicted octanol–water partition coefficient (Wildman–Crippen LogP) is 3.07. The first-order chi connectivity index (χ1) is 11.5. The van der Waals surface area contributed by atoms with Gasteiger partial charge in [-0.2, -0.15) is 0 Å². The Labute approximate surface area is 144 Å². The molecule has 3 unspecified atom stereocenters. The van der Waals surface area contributed by atoms with Gasteiger partial charge in [-0.05, 0) is 57.2 Å². The maximum Gasteiger partial charge on any atom is 0.410 e. The lowest BCUT2D eigenvalue weighted by atomic mass is 9.71. The number of nitrogens with two attached hydrogens (primary N) is 1. The van der Waals surface area contributed by atoms with Gasteiger partial charge in [0.25, 0.3) is 0 Å². The fourth-order valence-corrected chi connectivity index (χ4v) is 4.10. The fourth-order valence-electron chi connectivity index (χ4n) is 4.10. The van der Waals surface area contributed by atoms with E-state index in [4.69, 9.17) is 10.5 Å². The van der Waals surface area contributed by atoms with Crippen LogP contribution in [-0.2, 0) is 4.74 Å². The van der Waals surface area contributed by atoms with Gasteiger partial charge in [-0.15, -0.1) is 0 Å². The van der Waals surface area contributed by atoms with Crippen LogP contribution in [0.25, 0.3) is 0 Å². The van der Waals surface area contributed by atoms with Crippen LogP contribution in [0.5, 0.6) is 0 Å². The molecule has 1 aliphatic heterocycles. The van der Waals surface area contributed by atoms with Crippen molar-refractivity contribution in [2.24, 2.45) is 11.7 Å². The summed E-state index contributed by atoms with van der Waals surface area (Å²) in [6.45, 7) is 5.04. The molecule has 24 heavy (non-hydrogen) atoms. The molecule has 1 amide bonds. The summed E-state index contributed by atoms with van der Waals surface area (Å²) in [5, 5.41) is 0. The zero-order chi connectivity index (χ0) is 17.2. The number of rotatable bonds is 1. The molecule has 0 aromatic heterocycles. The van der Waals surface area contributed by atoms with Crippen molar-refractivity contribution in [2.45, 2.75) is 51.1 Å². The van der Waals surface area contributed by atoms with Crippen LogP contribution in [0.15, 0.2) is 24.3 Å². The van der Waals surface area contributed by atoms with E-state index in [1.807, 2.05) is 24.0 Å². The van der Waals surface area contributed by atoms with Gasteiger partial charge in [0.1, 0.15) is 0 Å². The van der Waals surface area contributed by atoms with Crippen LogP contribution in [0.4, 0.5) is 4.79 Å². The molecule has 0 spiro atoms. The van der Waals surface area contributed by atoms with Gasteiger partial charge in [-0.3, -0.25) is 0 Å². The van der Waals surface area contributed by atoms with Crippen molar-refractivity contribution in [2.75, 3.05) is 13.2 Å². The minimum atomic E-state index is -0.520.